The standard InChI is InChI=1S/C58H65N9O14Si.C31H45N9O10.2ClH.2H3N.Pt/c1-33(2)51(64-55(78)40(24-26-45(69)70)61-56(79)42(29-47(73)74)60-44(68)25-27-46(71)72)58(81)63-43(30-48(75)76)57(80)62-41(54(59)77)28-39-32-67(66-65-39)31-34-20-22-38(23-21-34)53-50(36-16-10-6-11-17-36)49(35-14-8-5-9-15-35)52(82(53,3)4)37-18-12-7-13-19-37;32-31(33)35-14-6-10-19-27(47)36-17-24(42)37-22(16-26(45)46)30(50)40-21(15-18-7-2-1-3-8-18)29(49)39-20(28(48)38-19)9-4-5-13-34-23(41)11-12-25(43)44;;;;;/h5-23,32-33,40-43,51H,24-31H2,1-4H3,(H2,59,77)(H,60,68)(H,61,79)(H,62,80)(H,63,81)(H,64,78)(H,69,70)(H,71,72)(H,73,74)(H,75,76);1-3,7-8,19-22H,4-6,9-17H2,(H,34,41)(H,36,47)(H,37,42)(H,38,48)(H,39,49)(H,40,50)(H,43,44)(H,45,46)(H4,32,33,35);2*1H;2*1H3;/q;;;;;;+2/p-2/t40-,41-,42-,43-,51-;19-,20-,21+,22-;;;;;/m00...../s1. The quantitative estimate of drug-likeness (QED) is 0.00735. The third-order valence-corrected chi connectivity index (χ3v) is 24.5. The van der Waals surface area contributed by atoms with Crippen LogP contribution in [0.4, 0.5) is 0 Å². The Morgan fingerprint density at radius 2 is 0.934 bits per heavy atom. The molecule has 137 heavy (non-hydrogen) atoms. The van der Waals surface area contributed by atoms with Gasteiger partial charge in [0, 0.05) is 51.4 Å². The number of nitrogens with zero attached hydrogens (tertiary/aromatic N) is 4. The van der Waals surface area contributed by atoms with Gasteiger partial charge in [0.05, 0.1) is 50.9 Å². The molecule has 2 aliphatic heterocycles. The van der Waals surface area contributed by atoms with Crippen LogP contribution >= 0.6 is 0 Å². The molecule has 9 atom stereocenters. The molecule has 1 fully saturated rings. The molecule has 29 N–H and O–H groups in total. The van der Waals surface area contributed by atoms with E-state index in [2.05, 4.69) is 160 Å². The van der Waals surface area contributed by atoms with Crippen molar-refractivity contribution in [1.29, 1.82) is 0 Å². The first-order chi connectivity index (χ1) is 62.7. The van der Waals surface area contributed by atoms with E-state index in [0.29, 0.717) is 12.0 Å². The number of halogens is 2. The summed E-state index contributed by atoms with van der Waals surface area (Å²) in [7, 11) is -2.43. The molecular formula is C89H116Cl2N20O24PtSi. The zero-order valence-electron chi connectivity index (χ0n) is 75.4. The van der Waals surface area contributed by atoms with Crippen LogP contribution < -0.4 is 113 Å². The molecule has 0 bridgehead atoms. The fourth-order valence-corrected chi connectivity index (χ4v) is 18.4. The van der Waals surface area contributed by atoms with Gasteiger partial charge in [0.1, 0.15) is 62.5 Å². The summed E-state index contributed by atoms with van der Waals surface area (Å²) in [6.45, 7) is 7.57. The maximum absolute atomic E-state index is 13.8. The third-order valence-electron chi connectivity index (χ3n) is 21.0. The van der Waals surface area contributed by atoms with Crippen LogP contribution in [-0.2, 0) is 127 Å². The first-order valence-electron chi connectivity index (χ1n) is 42.3. The summed E-state index contributed by atoms with van der Waals surface area (Å²) in [5.41, 5.74) is 25.1. The Bertz CT molecular complexity index is 5270. The largest absolute Gasteiger partial charge is 2.00 e. The van der Waals surface area contributed by atoms with Gasteiger partial charge in [0.15, 0.2) is 5.96 Å². The predicted molar refractivity (Wildman–Crippen MR) is 488 cm³/mol. The number of carbonyl (C=O) groups excluding carboxylic acids is 12. The van der Waals surface area contributed by atoms with Gasteiger partial charge in [-0.2, -0.15) is 0 Å². The van der Waals surface area contributed by atoms with E-state index in [-0.39, 0.29) is 141 Å². The fourth-order valence-electron chi connectivity index (χ4n) is 14.5. The molecule has 1 saturated heterocycles. The summed E-state index contributed by atoms with van der Waals surface area (Å²) >= 11 is 0. The summed E-state index contributed by atoms with van der Waals surface area (Å²) in [5, 5.41) is 92.9. The number of unbranched alkanes of at least 4 members (excludes halogenated alkanes) is 1. The van der Waals surface area contributed by atoms with Gasteiger partial charge in [-0.1, -0.05) is 178 Å². The minimum absolute atomic E-state index is 0. The minimum Gasteiger partial charge on any atom is -1.00 e. The SMILES string of the molecule is CC(C)[C@H](NC(=O)[C@H](CCC(=O)O)NC(=O)[C@H](CC(=O)O)NC(=O)CCC(=O)O)C(=O)N[C@@H](CC(=O)O)C(=O)N[C@@H](Cc1cn(Cc2ccc(C3=C(c4ccccc4)C(c4ccccc4)=C(c4ccccc4)[Si]3(C)C)cc2)nn1)C(N)=O.N.N.NC(N)=NCCC[C@@H]1NC(=O)[C@H](CCCCNC(=O)CCC(=O)O)NC(=O)[C@@H](Cc2ccccc2)NC(=O)[C@H](CC(=O)O)NC(=O)CNC1=O.[Cl-].[Cl-].[Pt+2]. The first kappa shape index (κ1) is 119. The van der Waals surface area contributed by atoms with E-state index < -0.39 is 227 Å². The van der Waals surface area contributed by atoms with Crippen LogP contribution in [0.2, 0.25) is 13.1 Å². The number of carboxylic acids is 6. The molecule has 0 spiro atoms. The Hall–Kier alpha value is -14.1. The van der Waals surface area contributed by atoms with Gasteiger partial charge in [-0.25, -0.2) is 4.68 Å². The number of guanidine groups is 1. The van der Waals surface area contributed by atoms with Crippen molar-refractivity contribution in [2.24, 2.45) is 28.1 Å². The number of carboxylic acid groups (broad SMARTS) is 6. The number of aliphatic carboxylic acids is 6. The molecule has 3 heterocycles. The minimum atomic E-state index is -2.43. The summed E-state index contributed by atoms with van der Waals surface area (Å²) in [4.78, 5) is 230. The van der Waals surface area contributed by atoms with Crippen LogP contribution in [-0.4, -0.2) is 240 Å². The number of hydrogen-bond donors (Lipinski definition) is 22. The van der Waals surface area contributed by atoms with Crippen molar-refractivity contribution in [2.45, 2.75) is 191 Å². The molecule has 48 heteroatoms. The molecule has 1 aromatic heterocycles. The van der Waals surface area contributed by atoms with Crippen molar-refractivity contribution in [3.05, 3.63) is 191 Å². The number of primary amides is 1. The van der Waals surface area contributed by atoms with Crippen LogP contribution in [0.3, 0.4) is 0 Å². The Balaban J connectivity index is 0.000000997. The number of nitrogens with two attached hydrogens (primary N) is 3. The number of allylic oxidation sites excluding steroid dienone is 2. The maximum Gasteiger partial charge on any atom is 2.00 e. The van der Waals surface area contributed by atoms with Gasteiger partial charge in [0.2, 0.25) is 70.9 Å². The monoisotopic (exact) mass is 2140 g/mol. The van der Waals surface area contributed by atoms with Crippen molar-refractivity contribution >= 4 is 142 Å². The second-order valence-corrected chi connectivity index (χ2v) is 36.2. The number of nitrogens with one attached hydrogen (secondary N) is 11. The number of carbonyl (C=O) groups is 18. The van der Waals surface area contributed by atoms with Crippen molar-refractivity contribution < 1.29 is 163 Å². The molecular weight excluding hydrogens is 2030 g/mol. The van der Waals surface area contributed by atoms with Crippen LogP contribution in [0.5, 0.6) is 0 Å². The number of aromatic nitrogens is 3. The molecule has 0 saturated carbocycles. The van der Waals surface area contributed by atoms with Crippen molar-refractivity contribution in [3.8, 4) is 0 Å². The topological polar surface area (TPSA) is 752 Å². The number of benzene rings is 5. The van der Waals surface area contributed by atoms with E-state index in [4.69, 9.17) is 27.4 Å². The first-order valence-corrected chi connectivity index (χ1v) is 45.3. The van der Waals surface area contributed by atoms with E-state index in [1.54, 1.807) is 41.2 Å². The number of hydrogen-bond acceptors (Lipinski definition) is 23. The zero-order chi connectivity index (χ0) is 96.9. The van der Waals surface area contributed by atoms with Gasteiger partial charge in [-0.3, -0.25) is 91.3 Å². The van der Waals surface area contributed by atoms with E-state index in [1.165, 1.54) is 40.9 Å². The second-order valence-electron chi connectivity index (χ2n) is 32.0. The molecule has 0 aliphatic carbocycles. The zero-order valence-corrected chi connectivity index (χ0v) is 80.2. The van der Waals surface area contributed by atoms with Gasteiger partial charge in [0.25, 0.3) is 0 Å². The molecule has 2 aliphatic rings. The van der Waals surface area contributed by atoms with Gasteiger partial charge in [-0.15, -0.1) is 5.10 Å². The molecule has 44 nitrogen and oxygen atoms in total. The summed E-state index contributed by atoms with van der Waals surface area (Å²) in [6.07, 6.45) is -3.87. The predicted octanol–water partition coefficient (Wildman–Crippen LogP) is -5.26. The molecule has 6 aromatic rings. The number of amides is 12. The van der Waals surface area contributed by atoms with Gasteiger partial charge < -0.3 is 143 Å². The average Bonchev–Trinajstić information content (AvgIpc) is 1.56. The van der Waals surface area contributed by atoms with Crippen LogP contribution in [0.1, 0.15) is 143 Å². The van der Waals surface area contributed by atoms with Crippen LogP contribution in [0.15, 0.2) is 157 Å². The third kappa shape index (κ3) is 39.0. The molecule has 5 aromatic carbocycles. The smallest absolute Gasteiger partial charge is 1.00 e. The summed E-state index contributed by atoms with van der Waals surface area (Å²) in [6, 6.07) is 34.3. The normalized spacial score (nSPS) is 16.2. The Labute approximate surface area is 815 Å². The molecule has 0 radical (unpaired) electrons. The van der Waals surface area contributed by atoms with E-state index >= 15 is 0 Å². The van der Waals surface area contributed by atoms with Gasteiger partial charge in [-0.05, 0) is 99.4 Å². The molecule has 0 unspecified atom stereocenters. The number of rotatable bonds is 45. The van der Waals surface area contributed by atoms with Crippen molar-refractivity contribution in [2.75, 3.05) is 19.6 Å². The summed E-state index contributed by atoms with van der Waals surface area (Å²) < 4.78 is 1.54. The molecule has 744 valence electrons. The Morgan fingerprint density at radius 3 is 1.44 bits per heavy atom. The second kappa shape index (κ2) is 58.9. The van der Waals surface area contributed by atoms with Crippen molar-refractivity contribution in [1.82, 2.24) is 85.8 Å². The maximum atomic E-state index is 13.8. The number of aliphatic imine (C=N–C) groups is 1. The van der Waals surface area contributed by atoms with Gasteiger partial charge >= 0.3 is 56.9 Å². The summed E-state index contributed by atoms with van der Waals surface area (Å²) in [5.74, 6) is -20.8. The van der Waals surface area contributed by atoms with E-state index in [1.807, 2.05) is 42.5 Å². The molecule has 12 amide bonds. The fraction of sp³-hybridized carbons (Fsp3) is 0.382. The van der Waals surface area contributed by atoms with Crippen LogP contribution in [0, 0.1) is 5.92 Å². The van der Waals surface area contributed by atoms with Crippen molar-refractivity contribution in [3.63, 3.8) is 0 Å². The Morgan fingerprint density at radius 1 is 0.482 bits per heavy atom. The molecule has 8 rings (SSSR count). The van der Waals surface area contributed by atoms with E-state index in [0.717, 1.165) is 22.3 Å². The Kier molecular flexibility index (Phi) is 51.1. The van der Waals surface area contributed by atoms with E-state index in [9.17, 15) is 107 Å². The van der Waals surface area contributed by atoms with Crippen LogP contribution in [0.25, 0.3) is 21.5 Å². The average molecular weight is 2140 g/mol.